The first-order valence-corrected chi connectivity index (χ1v) is 5.45. The van der Waals surface area contributed by atoms with Crippen molar-refractivity contribution < 1.29 is 4.79 Å². The molecule has 0 aromatic rings. The maximum Gasteiger partial charge on any atom is 0.236 e. The van der Waals surface area contributed by atoms with Gasteiger partial charge in [-0.05, 0) is 37.0 Å². The third-order valence-electron chi connectivity index (χ3n) is 3.46. The van der Waals surface area contributed by atoms with E-state index in [1.165, 1.54) is 0 Å². The van der Waals surface area contributed by atoms with Crippen LogP contribution in [0.5, 0.6) is 0 Å². The van der Waals surface area contributed by atoms with Gasteiger partial charge in [-0.25, -0.2) is 5.84 Å². The van der Waals surface area contributed by atoms with Gasteiger partial charge in [-0.2, -0.15) is 0 Å². The summed E-state index contributed by atoms with van der Waals surface area (Å²) in [6.45, 7) is 6.84. The van der Waals surface area contributed by atoms with Crippen LogP contribution >= 0.6 is 0 Å². The van der Waals surface area contributed by atoms with E-state index in [4.69, 9.17) is 5.84 Å². The van der Waals surface area contributed by atoms with Crippen LogP contribution in [-0.4, -0.2) is 5.91 Å². The molecule has 0 spiro atoms. The van der Waals surface area contributed by atoms with E-state index < -0.39 is 0 Å². The van der Waals surface area contributed by atoms with Gasteiger partial charge in [-0.3, -0.25) is 10.2 Å². The Labute approximate surface area is 86.4 Å². The zero-order valence-corrected chi connectivity index (χ0v) is 9.47. The third-order valence-corrected chi connectivity index (χ3v) is 3.46. The second-order valence-corrected chi connectivity index (χ2v) is 5.42. The van der Waals surface area contributed by atoms with Gasteiger partial charge in [0.1, 0.15) is 0 Å². The Balaban J connectivity index is 2.43. The summed E-state index contributed by atoms with van der Waals surface area (Å²) in [7, 11) is 0. The number of amides is 1. The Morgan fingerprint density at radius 2 is 1.71 bits per heavy atom. The number of hydrazine groups is 1. The third kappa shape index (κ3) is 2.71. The lowest BCUT2D eigenvalue weighted by Gasteiger charge is -2.36. The Morgan fingerprint density at radius 3 is 2.07 bits per heavy atom. The van der Waals surface area contributed by atoms with E-state index in [0.29, 0.717) is 5.41 Å². The minimum atomic E-state index is 0.0114. The molecule has 14 heavy (non-hydrogen) atoms. The average Bonchev–Trinajstić information content (AvgIpc) is 2.15. The summed E-state index contributed by atoms with van der Waals surface area (Å²) < 4.78 is 0. The van der Waals surface area contributed by atoms with Gasteiger partial charge in [0.2, 0.25) is 5.91 Å². The molecule has 0 aliphatic heterocycles. The van der Waals surface area contributed by atoms with Gasteiger partial charge in [0.15, 0.2) is 0 Å². The molecule has 0 aromatic carbocycles. The first kappa shape index (κ1) is 11.5. The van der Waals surface area contributed by atoms with Crippen LogP contribution in [0.2, 0.25) is 0 Å². The van der Waals surface area contributed by atoms with Crippen LogP contribution in [0.15, 0.2) is 0 Å². The Bertz CT molecular complexity index is 200. The number of nitrogens with two attached hydrogens (primary N) is 1. The molecule has 0 heterocycles. The monoisotopic (exact) mass is 198 g/mol. The highest BCUT2D eigenvalue weighted by atomic mass is 16.2. The van der Waals surface area contributed by atoms with Crippen molar-refractivity contribution in [2.24, 2.45) is 23.1 Å². The van der Waals surface area contributed by atoms with Crippen molar-refractivity contribution in [3.05, 3.63) is 0 Å². The van der Waals surface area contributed by atoms with E-state index in [9.17, 15) is 4.79 Å². The molecular weight excluding hydrogens is 176 g/mol. The molecule has 1 amide bonds. The van der Waals surface area contributed by atoms with Gasteiger partial charge in [0.05, 0.1) is 0 Å². The fourth-order valence-electron chi connectivity index (χ4n) is 2.34. The summed E-state index contributed by atoms with van der Waals surface area (Å²) in [5.41, 5.74) is 2.63. The van der Waals surface area contributed by atoms with Crippen molar-refractivity contribution in [2.45, 2.75) is 46.5 Å². The summed E-state index contributed by atoms with van der Waals surface area (Å²) in [5, 5.41) is 0. The zero-order valence-electron chi connectivity index (χ0n) is 9.47. The molecular formula is C11H22N2O. The predicted octanol–water partition coefficient (Wildman–Crippen LogP) is 1.83. The van der Waals surface area contributed by atoms with Gasteiger partial charge in [-0.15, -0.1) is 0 Å². The fourth-order valence-corrected chi connectivity index (χ4v) is 2.34. The van der Waals surface area contributed by atoms with Gasteiger partial charge < -0.3 is 0 Å². The van der Waals surface area contributed by atoms with Crippen LogP contribution in [0.4, 0.5) is 0 Å². The maximum absolute atomic E-state index is 11.3. The van der Waals surface area contributed by atoms with Gasteiger partial charge >= 0.3 is 0 Å². The fraction of sp³-hybridized carbons (Fsp3) is 0.909. The number of rotatable bonds is 1. The number of carbonyl (C=O) groups excluding carboxylic acids is 1. The summed E-state index contributed by atoms with van der Waals surface area (Å²) in [5.74, 6) is 6.04. The molecule has 1 rings (SSSR count). The predicted molar refractivity (Wildman–Crippen MR) is 57.2 cm³/mol. The van der Waals surface area contributed by atoms with E-state index in [2.05, 4.69) is 26.2 Å². The van der Waals surface area contributed by atoms with Crippen LogP contribution in [-0.2, 0) is 4.79 Å². The molecule has 3 nitrogen and oxygen atoms in total. The van der Waals surface area contributed by atoms with E-state index in [1.807, 2.05) is 0 Å². The molecule has 1 fully saturated rings. The lowest BCUT2D eigenvalue weighted by atomic mass is 9.70. The van der Waals surface area contributed by atoms with Gasteiger partial charge in [-0.1, -0.05) is 20.8 Å². The highest BCUT2D eigenvalue weighted by molar-refractivity contribution is 5.77. The van der Waals surface area contributed by atoms with E-state index in [1.54, 1.807) is 0 Å². The molecule has 3 heteroatoms. The molecule has 1 aliphatic rings. The molecule has 82 valence electrons. The maximum atomic E-state index is 11.3. The first-order valence-electron chi connectivity index (χ1n) is 5.45. The SMILES string of the molecule is CC(C)(C)C1CCC(C(=O)NN)CC1. The molecule has 0 aromatic heterocycles. The van der Waals surface area contributed by atoms with Gasteiger partial charge in [0, 0.05) is 5.92 Å². The Morgan fingerprint density at radius 1 is 1.21 bits per heavy atom. The summed E-state index contributed by atoms with van der Waals surface area (Å²) in [6.07, 6.45) is 4.29. The van der Waals surface area contributed by atoms with E-state index in [0.717, 1.165) is 31.6 Å². The summed E-state index contributed by atoms with van der Waals surface area (Å²) in [4.78, 5) is 11.3. The molecule has 0 unspecified atom stereocenters. The molecule has 0 bridgehead atoms. The van der Waals surface area contributed by atoms with Crippen LogP contribution in [0.25, 0.3) is 0 Å². The van der Waals surface area contributed by atoms with Gasteiger partial charge in [0.25, 0.3) is 0 Å². The normalized spacial score (nSPS) is 28.6. The van der Waals surface area contributed by atoms with Crippen molar-refractivity contribution in [3.63, 3.8) is 0 Å². The van der Waals surface area contributed by atoms with Crippen LogP contribution in [0.1, 0.15) is 46.5 Å². The topological polar surface area (TPSA) is 55.1 Å². The van der Waals surface area contributed by atoms with E-state index in [-0.39, 0.29) is 11.8 Å². The molecule has 3 N–H and O–H groups in total. The number of nitrogens with one attached hydrogen (secondary N) is 1. The number of hydrogen-bond donors (Lipinski definition) is 2. The average molecular weight is 198 g/mol. The van der Waals surface area contributed by atoms with E-state index >= 15 is 0 Å². The number of carbonyl (C=O) groups is 1. The molecule has 0 radical (unpaired) electrons. The standard InChI is InChI=1S/C11H22N2O/c1-11(2,3)9-6-4-8(5-7-9)10(14)13-12/h8-9H,4-7,12H2,1-3H3,(H,13,14). The molecule has 1 saturated carbocycles. The Hall–Kier alpha value is -0.570. The molecule has 1 aliphatic carbocycles. The lowest BCUT2D eigenvalue weighted by molar-refractivity contribution is -0.126. The minimum Gasteiger partial charge on any atom is -0.294 e. The quantitative estimate of drug-likeness (QED) is 0.383. The van der Waals surface area contributed by atoms with Crippen molar-refractivity contribution in [1.82, 2.24) is 5.43 Å². The largest absolute Gasteiger partial charge is 0.294 e. The summed E-state index contributed by atoms with van der Waals surface area (Å²) >= 11 is 0. The second-order valence-electron chi connectivity index (χ2n) is 5.42. The lowest BCUT2D eigenvalue weighted by Crippen LogP contribution is -2.38. The van der Waals surface area contributed by atoms with Crippen molar-refractivity contribution >= 4 is 5.91 Å². The highest BCUT2D eigenvalue weighted by Crippen LogP contribution is 2.39. The first-order chi connectivity index (χ1) is 6.45. The van der Waals surface area contributed by atoms with Crippen LogP contribution in [0.3, 0.4) is 0 Å². The second kappa shape index (κ2) is 4.30. The van der Waals surface area contributed by atoms with Crippen molar-refractivity contribution in [1.29, 1.82) is 0 Å². The number of hydrogen-bond acceptors (Lipinski definition) is 2. The zero-order chi connectivity index (χ0) is 10.8. The molecule has 0 atom stereocenters. The summed E-state index contributed by atoms with van der Waals surface area (Å²) in [6, 6.07) is 0. The smallest absolute Gasteiger partial charge is 0.236 e. The highest BCUT2D eigenvalue weighted by Gasteiger charge is 2.31. The van der Waals surface area contributed by atoms with Crippen molar-refractivity contribution in [2.75, 3.05) is 0 Å². The minimum absolute atomic E-state index is 0.0114. The van der Waals surface area contributed by atoms with Crippen LogP contribution in [0, 0.1) is 17.3 Å². The molecule has 0 saturated heterocycles. The Kier molecular flexibility index (Phi) is 3.53. The van der Waals surface area contributed by atoms with Crippen LogP contribution < -0.4 is 11.3 Å². The van der Waals surface area contributed by atoms with Crippen molar-refractivity contribution in [3.8, 4) is 0 Å².